The SMILES string of the molecule is CCCOc1nc(N)nc(NCCN(C)CC)n1. The summed E-state index contributed by atoms with van der Waals surface area (Å²) in [5, 5.41) is 3.10. The zero-order chi connectivity index (χ0) is 13.4. The van der Waals surface area contributed by atoms with Gasteiger partial charge in [0.15, 0.2) is 0 Å². The van der Waals surface area contributed by atoms with Crippen LogP contribution in [0.4, 0.5) is 11.9 Å². The van der Waals surface area contributed by atoms with Crippen molar-refractivity contribution in [2.75, 3.05) is 44.3 Å². The third-order valence-electron chi connectivity index (χ3n) is 2.38. The van der Waals surface area contributed by atoms with Gasteiger partial charge in [0.1, 0.15) is 0 Å². The Balaban J connectivity index is 2.51. The van der Waals surface area contributed by atoms with Gasteiger partial charge in [-0.3, -0.25) is 0 Å². The Hall–Kier alpha value is -1.63. The van der Waals surface area contributed by atoms with E-state index in [-0.39, 0.29) is 12.0 Å². The highest BCUT2D eigenvalue weighted by Gasteiger charge is 2.05. The van der Waals surface area contributed by atoms with E-state index in [1.165, 1.54) is 0 Å². The second-order valence-corrected chi connectivity index (χ2v) is 3.97. The van der Waals surface area contributed by atoms with Crippen molar-refractivity contribution in [3.05, 3.63) is 0 Å². The third-order valence-corrected chi connectivity index (χ3v) is 2.38. The van der Waals surface area contributed by atoms with Crippen LogP contribution in [0.15, 0.2) is 0 Å². The van der Waals surface area contributed by atoms with E-state index >= 15 is 0 Å². The Labute approximate surface area is 108 Å². The van der Waals surface area contributed by atoms with Crippen molar-refractivity contribution >= 4 is 11.9 Å². The van der Waals surface area contributed by atoms with E-state index in [0.717, 1.165) is 26.1 Å². The quantitative estimate of drug-likeness (QED) is 0.702. The fourth-order valence-electron chi connectivity index (χ4n) is 1.23. The zero-order valence-corrected chi connectivity index (χ0v) is 11.3. The third kappa shape index (κ3) is 5.13. The lowest BCUT2D eigenvalue weighted by Gasteiger charge is -2.14. The lowest BCUT2D eigenvalue weighted by atomic mass is 10.5. The van der Waals surface area contributed by atoms with Crippen LogP contribution >= 0.6 is 0 Å². The predicted molar refractivity (Wildman–Crippen MR) is 71.7 cm³/mol. The molecule has 0 aliphatic heterocycles. The molecule has 1 heterocycles. The van der Waals surface area contributed by atoms with Crippen LogP contribution in [0.1, 0.15) is 20.3 Å². The van der Waals surface area contributed by atoms with E-state index < -0.39 is 0 Å². The van der Waals surface area contributed by atoms with Gasteiger partial charge >= 0.3 is 6.01 Å². The number of rotatable bonds is 8. The van der Waals surface area contributed by atoms with Crippen molar-refractivity contribution in [3.8, 4) is 6.01 Å². The van der Waals surface area contributed by atoms with Gasteiger partial charge < -0.3 is 20.7 Å². The molecule has 0 aliphatic carbocycles. The van der Waals surface area contributed by atoms with Crippen LogP contribution < -0.4 is 15.8 Å². The first-order valence-electron chi connectivity index (χ1n) is 6.22. The van der Waals surface area contributed by atoms with E-state index in [9.17, 15) is 0 Å². The first-order valence-corrected chi connectivity index (χ1v) is 6.22. The summed E-state index contributed by atoms with van der Waals surface area (Å²) in [5.74, 6) is 0.626. The smallest absolute Gasteiger partial charge is 0.323 e. The fourth-order valence-corrected chi connectivity index (χ4v) is 1.23. The van der Waals surface area contributed by atoms with Gasteiger partial charge in [0.25, 0.3) is 0 Å². The van der Waals surface area contributed by atoms with E-state index in [4.69, 9.17) is 10.5 Å². The number of nitrogens with one attached hydrogen (secondary N) is 1. The fraction of sp³-hybridized carbons (Fsp3) is 0.727. The minimum Gasteiger partial charge on any atom is -0.463 e. The van der Waals surface area contributed by atoms with Gasteiger partial charge in [0, 0.05) is 13.1 Å². The number of hydrogen-bond donors (Lipinski definition) is 2. The summed E-state index contributed by atoms with van der Waals surface area (Å²) in [6, 6.07) is 0.274. The topological polar surface area (TPSA) is 89.2 Å². The Kier molecular flexibility index (Phi) is 6.13. The van der Waals surface area contributed by atoms with Gasteiger partial charge in [-0.2, -0.15) is 15.0 Å². The maximum atomic E-state index is 5.60. The molecule has 1 rings (SSSR count). The molecule has 0 saturated carbocycles. The number of likely N-dealkylation sites (N-methyl/N-ethyl adjacent to an activating group) is 1. The molecule has 102 valence electrons. The molecule has 0 unspecified atom stereocenters. The number of aromatic nitrogens is 3. The lowest BCUT2D eigenvalue weighted by Crippen LogP contribution is -2.25. The molecule has 0 radical (unpaired) electrons. The van der Waals surface area contributed by atoms with Gasteiger partial charge in [0.2, 0.25) is 11.9 Å². The first-order chi connectivity index (χ1) is 8.65. The van der Waals surface area contributed by atoms with Crippen molar-refractivity contribution in [1.82, 2.24) is 19.9 Å². The van der Waals surface area contributed by atoms with Gasteiger partial charge in [0.05, 0.1) is 6.61 Å². The summed E-state index contributed by atoms with van der Waals surface area (Å²) >= 11 is 0. The van der Waals surface area contributed by atoms with Crippen molar-refractivity contribution in [1.29, 1.82) is 0 Å². The van der Waals surface area contributed by atoms with Crippen molar-refractivity contribution in [3.63, 3.8) is 0 Å². The molecule has 0 spiro atoms. The van der Waals surface area contributed by atoms with Crippen LogP contribution in [0.5, 0.6) is 6.01 Å². The molecule has 18 heavy (non-hydrogen) atoms. The number of nitrogens with two attached hydrogens (primary N) is 1. The predicted octanol–water partition coefficient (Wildman–Crippen LogP) is 0.606. The Morgan fingerprint density at radius 1 is 1.28 bits per heavy atom. The molecule has 0 saturated heterocycles. The maximum Gasteiger partial charge on any atom is 0.323 e. The van der Waals surface area contributed by atoms with E-state index in [1.807, 2.05) is 6.92 Å². The van der Waals surface area contributed by atoms with Crippen LogP contribution in [0, 0.1) is 0 Å². The summed E-state index contributed by atoms with van der Waals surface area (Å²) in [7, 11) is 2.05. The van der Waals surface area contributed by atoms with E-state index in [1.54, 1.807) is 0 Å². The van der Waals surface area contributed by atoms with Crippen molar-refractivity contribution in [2.24, 2.45) is 0 Å². The van der Waals surface area contributed by atoms with Crippen molar-refractivity contribution in [2.45, 2.75) is 20.3 Å². The van der Waals surface area contributed by atoms with Crippen LogP contribution in [0.3, 0.4) is 0 Å². The standard InChI is InChI=1S/C11H22N6O/c1-4-8-18-11-15-9(12)14-10(16-11)13-6-7-17(3)5-2/h4-8H2,1-3H3,(H3,12,13,14,15,16). The average Bonchev–Trinajstić information content (AvgIpc) is 2.35. The summed E-state index contributed by atoms with van der Waals surface area (Å²) < 4.78 is 5.33. The first kappa shape index (κ1) is 14.4. The molecule has 1 aromatic heterocycles. The molecular weight excluding hydrogens is 232 g/mol. The molecule has 7 nitrogen and oxygen atoms in total. The minimum absolute atomic E-state index is 0.169. The highest BCUT2D eigenvalue weighted by Crippen LogP contribution is 2.08. The molecule has 0 atom stereocenters. The highest BCUT2D eigenvalue weighted by molar-refractivity contribution is 5.32. The monoisotopic (exact) mass is 254 g/mol. The molecule has 3 N–H and O–H groups in total. The second-order valence-electron chi connectivity index (χ2n) is 3.97. The maximum absolute atomic E-state index is 5.60. The van der Waals surface area contributed by atoms with Crippen molar-refractivity contribution < 1.29 is 4.74 Å². The van der Waals surface area contributed by atoms with E-state index in [2.05, 4.69) is 39.1 Å². The Morgan fingerprint density at radius 2 is 2.06 bits per heavy atom. The molecule has 0 fully saturated rings. The highest BCUT2D eigenvalue weighted by atomic mass is 16.5. The molecular formula is C11H22N6O. The Bertz CT molecular complexity index is 359. The van der Waals surface area contributed by atoms with Gasteiger partial charge in [-0.15, -0.1) is 0 Å². The summed E-state index contributed by atoms with van der Waals surface area (Å²) in [6.07, 6.45) is 0.898. The summed E-state index contributed by atoms with van der Waals surface area (Å²) in [6.45, 7) is 7.36. The van der Waals surface area contributed by atoms with Crippen LogP contribution in [0.2, 0.25) is 0 Å². The molecule has 0 amide bonds. The van der Waals surface area contributed by atoms with E-state index in [0.29, 0.717) is 12.6 Å². The largest absolute Gasteiger partial charge is 0.463 e. The summed E-state index contributed by atoms with van der Waals surface area (Å²) in [5.41, 5.74) is 5.60. The number of nitrogens with zero attached hydrogens (tertiary/aromatic N) is 4. The minimum atomic E-state index is 0.169. The number of hydrogen-bond acceptors (Lipinski definition) is 7. The normalized spacial score (nSPS) is 10.7. The Morgan fingerprint density at radius 3 is 2.72 bits per heavy atom. The average molecular weight is 254 g/mol. The van der Waals surface area contributed by atoms with Crippen LogP contribution in [-0.4, -0.2) is 53.1 Å². The van der Waals surface area contributed by atoms with Gasteiger partial charge in [-0.1, -0.05) is 13.8 Å². The molecule has 0 bridgehead atoms. The van der Waals surface area contributed by atoms with Gasteiger partial charge in [-0.05, 0) is 20.0 Å². The molecule has 7 heteroatoms. The van der Waals surface area contributed by atoms with Gasteiger partial charge in [-0.25, -0.2) is 0 Å². The number of nitrogen functional groups attached to an aromatic ring is 1. The summed E-state index contributed by atoms with van der Waals surface area (Å²) in [4.78, 5) is 14.3. The zero-order valence-electron chi connectivity index (χ0n) is 11.3. The number of ether oxygens (including phenoxy) is 1. The van der Waals surface area contributed by atoms with Crippen LogP contribution in [0.25, 0.3) is 0 Å². The second kappa shape index (κ2) is 7.65. The number of anilines is 2. The molecule has 0 aromatic carbocycles. The molecule has 1 aromatic rings. The molecule has 0 aliphatic rings. The lowest BCUT2D eigenvalue weighted by molar-refractivity contribution is 0.292. The van der Waals surface area contributed by atoms with Crippen LogP contribution in [-0.2, 0) is 0 Å².